The van der Waals surface area contributed by atoms with Crippen LogP contribution in [0.2, 0.25) is 0 Å². The predicted molar refractivity (Wildman–Crippen MR) is 90.9 cm³/mol. The highest BCUT2D eigenvalue weighted by Gasteiger charge is 2.49. The zero-order valence-electron chi connectivity index (χ0n) is 13.8. The normalized spacial score (nSPS) is 29.0. The lowest BCUT2D eigenvalue weighted by Crippen LogP contribution is -2.48. The van der Waals surface area contributed by atoms with Gasteiger partial charge in [0.2, 0.25) is 11.8 Å². The zero-order chi connectivity index (χ0) is 17.0. The summed E-state index contributed by atoms with van der Waals surface area (Å²) in [5.74, 6) is -0.518. The van der Waals surface area contributed by atoms with Gasteiger partial charge < -0.3 is 5.73 Å². The van der Waals surface area contributed by atoms with Crippen LogP contribution in [-0.4, -0.2) is 29.0 Å². The number of rotatable bonds is 5. The van der Waals surface area contributed by atoms with Crippen LogP contribution in [0.25, 0.3) is 0 Å². The van der Waals surface area contributed by atoms with Gasteiger partial charge in [-0.05, 0) is 17.7 Å². The van der Waals surface area contributed by atoms with E-state index in [1.165, 1.54) is 38.1 Å². The first kappa shape index (κ1) is 17.9. The summed E-state index contributed by atoms with van der Waals surface area (Å²) < 4.78 is 0. The highest BCUT2D eigenvalue weighted by Crippen LogP contribution is 2.49. The van der Waals surface area contributed by atoms with Gasteiger partial charge >= 0.3 is 0 Å². The molecule has 5 nitrogen and oxygen atoms in total. The fraction of sp³-hybridized carbons (Fsp3) is 0.706. The van der Waals surface area contributed by atoms with Crippen LogP contribution < -0.4 is 5.73 Å². The number of nitriles is 1. The molecule has 0 bridgehead atoms. The van der Waals surface area contributed by atoms with Crippen molar-refractivity contribution < 1.29 is 9.59 Å². The summed E-state index contributed by atoms with van der Waals surface area (Å²) in [7, 11) is 1.49. The van der Waals surface area contributed by atoms with Crippen molar-refractivity contribution in [1.29, 1.82) is 5.26 Å². The lowest BCUT2D eigenvalue weighted by Gasteiger charge is -2.38. The van der Waals surface area contributed by atoms with Crippen LogP contribution in [0.5, 0.6) is 0 Å². The molecule has 23 heavy (non-hydrogen) atoms. The maximum atomic E-state index is 12.8. The van der Waals surface area contributed by atoms with Crippen molar-refractivity contribution in [1.82, 2.24) is 4.90 Å². The molecule has 1 heterocycles. The SMILES string of the molecule is CN(C#N)C(=O)[C@@H](CC1CCCCC1)C1(C)C=CSC1C(N)=O. The number of nitrogens with two attached hydrogens (primary N) is 1. The fourth-order valence-corrected chi connectivity index (χ4v) is 5.03. The van der Waals surface area contributed by atoms with E-state index in [1.54, 1.807) is 0 Å². The quantitative estimate of drug-likeness (QED) is 0.618. The molecule has 1 aliphatic carbocycles. The Morgan fingerprint density at radius 1 is 1.43 bits per heavy atom. The molecule has 0 aromatic rings. The van der Waals surface area contributed by atoms with Gasteiger partial charge in [-0.25, -0.2) is 0 Å². The summed E-state index contributed by atoms with van der Waals surface area (Å²) in [6, 6.07) is 0. The first-order valence-electron chi connectivity index (χ1n) is 8.20. The molecule has 1 aliphatic heterocycles. The molecule has 2 amide bonds. The molecule has 0 saturated heterocycles. The van der Waals surface area contributed by atoms with Crippen molar-refractivity contribution in [2.24, 2.45) is 23.0 Å². The molecule has 2 aliphatic rings. The lowest BCUT2D eigenvalue weighted by molar-refractivity contribution is -0.136. The second kappa shape index (κ2) is 7.39. The van der Waals surface area contributed by atoms with Crippen molar-refractivity contribution >= 4 is 23.6 Å². The minimum atomic E-state index is -0.629. The highest BCUT2D eigenvalue weighted by atomic mass is 32.2. The van der Waals surface area contributed by atoms with E-state index in [0.29, 0.717) is 5.92 Å². The molecule has 126 valence electrons. The Hall–Kier alpha value is -1.48. The number of nitrogens with zero attached hydrogens (tertiary/aromatic N) is 2. The number of carbonyl (C=O) groups is 2. The molecule has 3 atom stereocenters. The molecule has 2 unspecified atom stereocenters. The topological polar surface area (TPSA) is 87.2 Å². The number of hydrogen-bond donors (Lipinski definition) is 1. The van der Waals surface area contributed by atoms with E-state index in [0.717, 1.165) is 24.2 Å². The van der Waals surface area contributed by atoms with E-state index in [2.05, 4.69) is 0 Å². The number of thioether (sulfide) groups is 1. The monoisotopic (exact) mass is 335 g/mol. The Morgan fingerprint density at radius 2 is 2.09 bits per heavy atom. The standard InChI is InChI=1S/C17H25N3O2S/c1-17(8-9-23-14(17)15(19)21)13(16(22)20(2)11-18)10-12-6-4-3-5-7-12/h8-9,12-14H,3-7,10H2,1-2H3,(H2,19,21)/t13-,14?,17?/m1/s1. The molecular weight excluding hydrogens is 310 g/mol. The van der Waals surface area contributed by atoms with E-state index < -0.39 is 16.6 Å². The van der Waals surface area contributed by atoms with Gasteiger partial charge in [-0.1, -0.05) is 45.1 Å². The molecule has 0 radical (unpaired) electrons. The largest absolute Gasteiger partial charge is 0.369 e. The van der Waals surface area contributed by atoms with Crippen LogP contribution in [0.4, 0.5) is 0 Å². The predicted octanol–water partition coefficient (Wildman–Crippen LogP) is 2.63. The summed E-state index contributed by atoms with van der Waals surface area (Å²) in [5.41, 5.74) is 4.93. The summed E-state index contributed by atoms with van der Waals surface area (Å²) in [4.78, 5) is 25.8. The minimum Gasteiger partial charge on any atom is -0.369 e. The third kappa shape index (κ3) is 3.72. The van der Waals surface area contributed by atoms with Crippen LogP contribution >= 0.6 is 11.8 Å². The fourth-order valence-electron chi connectivity index (χ4n) is 3.83. The Balaban J connectivity index is 2.28. The number of hydrogen-bond acceptors (Lipinski definition) is 4. The molecular formula is C17H25N3O2S. The third-order valence-corrected chi connectivity index (χ3v) is 6.59. The Morgan fingerprint density at radius 3 is 2.65 bits per heavy atom. The molecule has 2 N–H and O–H groups in total. The zero-order valence-corrected chi connectivity index (χ0v) is 14.6. The first-order valence-corrected chi connectivity index (χ1v) is 9.14. The van der Waals surface area contributed by atoms with Crippen molar-refractivity contribution in [3.8, 4) is 6.19 Å². The van der Waals surface area contributed by atoms with Crippen molar-refractivity contribution in [3.05, 3.63) is 11.5 Å². The van der Waals surface area contributed by atoms with Crippen LogP contribution in [0.1, 0.15) is 45.4 Å². The van der Waals surface area contributed by atoms with Crippen molar-refractivity contribution in [3.63, 3.8) is 0 Å². The Kier molecular flexibility index (Phi) is 5.74. The Bertz CT molecular complexity index is 536. The van der Waals surface area contributed by atoms with Gasteiger partial charge in [-0.15, -0.1) is 11.8 Å². The van der Waals surface area contributed by atoms with Crippen LogP contribution in [0.3, 0.4) is 0 Å². The van der Waals surface area contributed by atoms with E-state index >= 15 is 0 Å². The van der Waals surface area contributed by atoms with Gasteiger partial charge in [0.05, 0.1) is 5.25 Å². The van der Waals surface area contributed by atoms with E-state index in [4.69, 9.17) is 11.0 Å². The summed E-state index contributed by atoms with van der Waals surface area (Å²) in [5, 5.41) is 10.5. The molecule has 2 rings (SSSR count). The summed E-state index contributed by atoms with van der Waals surface area (Å²) in [6.45, 7) is 1.93. The molecule has 0 aromatic heterocycles. The average molecular weight is 335 g/mol. The van der Waals surface area contributed by atoms with Gasteiger partial charge in [-0.3, -0.25) is 14.5 Å². The van der Waals surface area contributed by atoms with Gasteiger partial charge in [-0.2, -0.15) is 5.26 Å². The van der Waals surface area contributed by atoms with Crippen LogP contribution in [0.15, 0.2) is 11.5 Å². The summed E-state index contributed by atoms with van der Waals surface area (Å²) in [6.07, 6.45) is 10.4. The smallest absolute Gasteiger partial charge is 0.239 e. The van der Waals surface area contributed by atoms with Gasteiger partial charge in [0.15, 0.2) is 6.19 Å². The van der Waals surface area contributed by atoms with Crippen LogP contribution in [-0.2, 0) is 9.59 Å². The second-order valence-corrected chi connectivity index (χ2v) is 7.89. The maximum Gasteiger partial charge on any atom is 0.239 e. The molecule has 6 heteroatoms. The van der Waals surface area contributed by atoms with Gasteiger partial charge in [0, 0.05) is 18.4 Å². The van der Waals surface area contributed by atoms with E-state index in [9.17, 15) is 9.59 Å². The Labute approximate surface area is 142 Å². The van der Waals surface area contributed by atoms with Gasteiger partial charge in [0.25, 0.3) is 0 Å². The number of carbonyl (C=O) groups excluding carboxylic acids is 2. The first-order chi connectivity index (χ1) is 10.9. The van der Waals surface area contributed by atoms with E-state index in [-0.39, 0.29) is 11.8 Å². The number of primary amides is 1. The number of allylic oxidation sites excluding steroid dienone is 1. The number of amides is 2. The average Bonchev–Trinajstić information content (AvgIpc) is 2.95. The molecule has 0 aromatic carbocycles. The molecule has 1 saturated carbocycles. The van der Waals surface area contributed by atoms with Crippen LogP contribution in [0, 0.1) is 28.7 Å². The molecule has 0 spiro atoms. The summed E-state index contributed by atoms with van der Waals surface area (Å²) >= 11 is 1.38. The van der Waals surface area contributed by atoms with Gasteiger partial charge in [0.1, 0.15) is 0 Å². The highest BCUT2D eigenvalue weighted by molar-refractivity contribution is 8.03. The lowest BCUT2D eigenvalue weighted by atomic mass is 9.68. The van der Waals surface area contributed by atoms with E-state index in [1.807, 2.05) is 24.6 Å². The van der Waals surface area contributed by atoms with Crippen molar-refractivity contribution in [2.75, 3.05) is 7.05 Å². The third-order valence-electron chi connectivity index (χ3n) is 5.29. The maximum absolute atomic E-state index is 12.8. The minimum absolute atomic E-state index is 0.209. The second-order valence-electron chi connectivity index (χ2n) is 6.88. The molecule has 1 fully saturated rings. The van der Waals surface area contributed by atoms with Crippen molar-refractivity contribution in [2.45, 2.75) is 50.7 Å².